The number of aliphatic hydroxyl groups excluding tert-OH is 1. The standard InChI is InChI=1S/C14H24N2O2/c1-2-7-15-9-13(17)10-16(12-5-6-12)11-14-4-3-8-18-14/h3-4,8,12-13,15,17H,2,5-7,9-11H2,1H3. The molecule has 1 fully saturated rings. The molecule has 1 saturated carbocycles. The molecule has 1 unspecified atom stereocenters. The molecule has 0 aliphatic heterocycles. The molecule has 4 nitrogen and oxygen atoms in total. The molecule has 1 atom stereocenters. The molecule has 0 saturated heterocycles. The first-order valence-electron chi connectivity index (χ1n) is 6.94. The van der Waals surface area contributed by atoms with Crippen molar-refractivity contribution in [2.45, 2.75) is 44.9 Å². The first kappa shape index (κ1) is 13.6. The van der Waals surface area contributed by atoms with Crippen LogP contribution in [0.4, 0.5) is 0 Å². The SMILES string of the molecule is CCCNCC(O)CN(Cc1ccco1)C1CC1. The molecule has 0 spiro atoms. The molecule has 2 rings (SSSR count). The van der Waals surface area contributed by atoms with Gasteiger partial charge in [-0.15, -0.1) is 0 Å². The maximum Gasteiger partial charge on any atom is 0.117 e. The zero-order valence-corrected chi connectivity index (χ0v) is 11.1. The summed E-state index contributed by atoms with van der Waals surface area (Å²) in [4.78, 5) is 2.33. The van der Waals surface area contributed by atoms with Gasteiger partial charge in [0.2, 0.25) is 0 Å². The molecule has 1 aromatic rings. The topological polar surface area (TPSA) is 48.6 Å². The quantitative estimate of drug-likeness (QED) is 0.656. The molecule has 0 amide bonds. The second kappa shape index (κ2) is 6.92. The summed E-state index contributed by atoms with van der Waals surface area (Å²) in [6.45, 7) is 5.31. The van der Waals surface area contributed by atoms with Gasteiger partial charge in [-0.3, -0.25) is 4.90 Å². The molecule has 1 aliphatic carbocycles. The Bertz CT molecular complexity index is 323. The fourth-order valence-corrected chi connectivity index (χ4v) is 2.17. The third-order valence-electron chi connectivity index (χ3n) is 3.25. The minimum atomic E-state index is -0.299. The van der Waals surface area contributed by atoms with Gasteiger partial charge in [-0.25, -0.2) is 0 Å². The molecule has 18 heavy (non-hydrogen) atoms. The van der Waals surface area contributed by atoms with Crippen LogP contribution in [0.5, 0.6) is 0 Å². The van der Waals surface area contributed by atoms with Crippen LogP contribution in [0.2, 0.25) is 0 Å². The predicted octanol–water partition coefficient (Wildman–Crippen LogP) is 1.60. The highest BCUT2D eigenvalue weighted by molar-refractivity contribution is 5.00. The zero-order valence-electron chi connectivity index (χ0n) is 11.1. The van der Waals surface area contributed by atoms with Gasteiger partial charge in [-0.05, 0) is 37.9 Å². The number of rotatable bonds is 9. The summed E-state index contributed by atoms with van der Waals surface area (Å²) in [7, 11) is 0. The van der Waals surface area contributed by atoms with Crippen LogP contribution in [0.25, 0.3) is 0 Å². The summed E-state index contributed by atoms with van der Waals surface area (Å²) in [5, 5.41) is 13.3. The van der Waals surface area contributed by atoms with E-state index in [2.05, 4.69) is 17.1 Å². The van der Waals surface area contributed by atoms with Crippen molar-refractivity contribution in [3.8, 4) is 0 Å². The average molecular weight is 252 g/mol. The third-order valence-corrected chi connectivity index (χ3v) is 3.25. The summed E-state index contributed by atoms with van der Waals surface area (Å²) >= 11 is 0. The van der Waals surface area contributed by atoms with Gasteiger partial charge in [0.1, 0.15) is 5.76 Å². The van der Waals surface area contributed by atoms with Crippen LogP contribution >= 0.6 is 0 Å². The Balaban J connectivity index is 1.75. The van der Waals surface area contributed by atoms with E-state index in [0.717, 1.165) is 31.8 Å². The fraction of sp³-hybridized carbons (Fsp3) is 0.714. The molecular formula is C14H24N2O2. The van der Waals surface area contributed by atoms with E-state index >= 15 is 0 Å². The smallest absolute Gasteiger partial charge is 0.117 e. The first-order valence-corrected chi connectivity index (χ1v) is 6.94. The maximum atomic E-state index is 10.0. The molecule has 0 bridgehead atoms. The maximum absolute atomic E-state index is 10.0. The van der Waals surface area contributed by atoms with Crippen molar-refractivity contribution >= 4 is 0 Å². The van der Waals surface area contributed by atoms with E-state index in [1.165, 1.54) is 12.8 Å². The van der Waals surface area contributed by atoms with Gasteiger partial charge >= 0.3 is 0 Å². The van der Waals surface area contributed by atoms with Gasteiger partial charge in [0.25, 0.3) is 0 Å². The monoisotopic (exact) mass is 252 g/mol. The minimum absolute atomic E-state index is 0.299. The summed E-state index contributed by atoms with van der Waals surface area (Å²) in [6.07, 6.45) is 5.00. The summed E-state index contributed by atoms with van der Waals surface area (Å²) in [5.41, 5.74) is 0. The van der Waals surface area contributed by atoms with E-state index in [-0.39, 0.29) is 6.10 Å². The lowest BCUT2D eigenvalue weighted by atomic mass is 10.3. The van der Waals surface area contributed by atoms with Crippen LogP contribution in [0.3, 0.4) is 0 Å². The number of furan rings is 1. The fourth-order valence-electron chi connectivity index (χ4n) is 2.17. The van der Waals surface area contributed by atoms with Gasteiger partial charge in [0.05, 0.1) is 18.9 Å². The molecule has 0 aromatic carbocycles. The summed E-state index contributed by atoms with van der Waals surface area (Å²) in [5.74, 6) is 0.982. The highest BCUT2D eigenvalue weighted by atomic mass is 16.3. The molecule has 102 valence electrons. The van der Waals surface area contributed by atoms with Crippen molar-refractivity contribution in [3.05, 3.63) is 24.2 Å². The number of nitrogens with one attached hydrogen (secondary N) is 1. The summed E-state index contributed by atoms with van der Waals surface area (Å²) < 4.78 is 5.38. The second-order valence-corrected chi connectivity index (χ2v) is 5.10. The molecule has 1 aliphatic rings. The van der Waals surface area contributed by atoms with Crippen molar-refractivity contribution in [2.75, 3.05) is 19.6 Å². The van der Waals surface area contributed by atoms with Gasteiger partial charge in [-0.2, -0.15) is 0 Å². The Labute approximate surface area is 109 Å². The van der Waals surface area contributed by atoms with Crippen LogP contribution in [0.15, 0.2) is 22.8 Å². The van der Waals surface area contributed by atoms with Gasteiger partial charge in [-0.1, -0.05) is 6.92 Å². The normalized spacial score (nSPS) is 17.3. The van der Waals surface area contributed by atoms with Crippen LogP contribution < -0.4 is 5.32 Å². The van der Waals surface area contributed by atoms with Crippen molar-refractivity contribution in [3.63, 3.8) is 0 Å². The Morgan fingerprint density at radius 2 is 2.39 bits per heavy atom. The first-order chi connectivity index (χ1) is 8.79. The predicted molar refractivity (Wildman–Crippen MR) is 71.3 cm³/mol. The van der Waals surface area contributed by atoms with E-state index < -0.39 is 0 Å². The number of nitrogens with zero attached hydrogens (tertiary/aromatic N) is 1. The molecule has 4 heteroatoms. The molecular weight excluding hydrogens is 228 g/mol. The minimum Gasteiger partial charge on any atom is -0.468 e. The largest absolute Gasteiger partial charge is 0.468 e. The lowest BCUT2D eigenvalue weighted by Gasteiger charge is -2.24. The molecule has 1 aromatic heterocycles. The van der Waals surface area contributed by atoms with Gasteiger partial charge in [0, 0.05) is 19.1 Å². The number of hydrogen-bond donors (Lipinski definition) is 2. The lowest BCUT2D eigenvalue weighted by Crippen LogP contribution is -2.39. The Hall–Kier alpha value is -0.840. The number of aliphatic hydroxyl groups is 1. The number of hydrogen-bond acceptors (Lipinski definition) is 4. The average Bonchev–Trinajstić information content (AvgIpc) is 3.08. The van der Waals surface area contributed by atoms with Crippen LogP contribution in [-0.2, 0) is 6.54 Å². The Kier molecular flexibility index (Phi) is 5.23. The highest BCUT2D eigenvalue weighted by Crippen LogP contribution is 2.28. The molecule has 1 heterocycles. The zero-order chi connectivity index (χ0) is 12.8. The lowest BCUT2D eigenvalue weighted by molar-refractivity contribution is 0.0990. The van der Waals surface area contributed by atoms with Crippen molar-refractivity contribution in [1.29, 1.82) is 0 Å². The summed E-state index contributed by atoms with van der Waals surface area (Å²) in [6, 6.07) is 4.55. The molecule has 2 N–H and O–H groups in total. The van der Waals surface area contributed by atoms with Crippen molar-refractivity contribution < 1.29 is 9.52 Å². The van der Waals surface area contributed by atoms with E-state index in [9.17, 15) is 5.11 Å². The van der Waals surface area contributed by atoms with Crippen LogP contribution in [0, 0.1) is 0 Å². The van der Waals surface area contributed by atoms with Crippen molar-refractivity contribution in [2.24, 2.45) is 0 Å². The van der Waals surface area contributed by atoms with Gasteiger partial charge in [0.15, 0.2) is 0 Å². The van der Waals surface area contributed by atoms with Crippen LogP contribution in [-0.4, -0.2) is 41.8 Å². The third kappa shape index (κ3) is 4.44. The van der Waals surface area contributed by atoms with E-state index in [4.69, 9.17) is 4.42 Å². The van der Waals surface area contributed by atoms with Gasteiger partial charge < -0.3 is 14.8 Å². The van der Waals surface area contributed by atoms with E-state index in [0.29, 0.717) is 12.6 Å². The Morgan fingerprint density at radius 1 is 1.56 bits per heavy atom. The van der Waals surface area contributed by atoms with E-state index in [1.54, 1.807) is 6.26 Å². The van der Waals surface area contributed by atoms with Crippen LogP contribution in [0.1, 0.15) is 31.9 Å². The van der Waals surface area contributed by atoms with E-state index in [1.807, 2.05) is 12.1 Å². The molecule has 0 radical (unpaired) electrons. The van der Waals surface area contributed by atoms with Crippen molar-refractivity contribution in [1.82, 2.24) is 10.2 Å². The highest BCUT2D eigenvalue weighted by Gasteiger charge is 2.30. The second-order valence-electron chi connectivity index (χ2n) is 5.10. The Morgan fingerprint density at radius 3 is 3.00 bits per heavy atom.